The van der Waals surface area contributed by atoms with Crippen LogP contribution in [0.4, 0.5) is 0 Å². The van der Waals surface area contributed by atoms with Crippen LogP contribution in [0.3, 0.4) is 0 Å². The summed E-state index contributed by atoms with van der Waals surface area (Å²) in [5.41, 5.74) is 2.45. The molecule has 0 amide bonds. The highest BCUT2D eigenvalue weighted by Crippen LogP contribution is 2.35. The molecule has 0 bridgehead atoms. The standard InChI is InChI=1S/C17H14N2O4/c1-2-6-18-13(3-1)8-20-9-14-10-21-17(19-14)12-4-5-15-16(7-12)23-11-22-15/h1-7,10H,8-9,11H2. The summed E-state index contributed by atoms with van der Waals surface area (Å²) in [5.74, 6) is 1.97. The maximum absolute atomic E-state index is 5.60. The summed E-state index contributed by atoms with van der Waals surface area (Å²) in [7, 11) is 0. The van der Waals surface area contributed by atoms with Crippen LogP contribution in [0.15, 0.2) is 53.3 Å². The third-order valence-corrected chi connectivity index (χ3v) is 3.40. The Morgan fingerprint density at radius 1 is 1.00 bits per heavy atom. The number of rotatable bonds is 5. The Morgan fingerprint density at radius 2 is 1.91 bits per heavy atom. The van der Waals surface area contributed by atoms with Gasteiger partial charge in [0.05, 0.1) is 18.9 Å². The first kappa shape index (κ1) is 13.8. The Morgan fingerprint density at radius 3 is 2.83 bits per heavy atom. The fourth-order valence-electron chi connectivity index (χ4n) is 2.28. The fourth-order valence-corrected chi connectivity index (χ4v) is 2.28. The van der Waals surface area contributed by atoms with Gasteiger partial charge in [0.25, 0.3) is 0 Å². The minimum Gasteiger partial charge on any atom is -0.454 e. The average Bonchev–Trinajstić information content (AvgIpc) is 3.24. The number of aromatic nitrogens is 2. The molecule has 23 heavy (non-hydrogen) atoms. The third kappa shape index (κ3) is 3.02. The van der Waals surface area contributed by atoms with E-state index in [1.165, 1.54) is 0 Å². The molecule has 6 heteroatoms. The summed E-state index contributed by atoms with van der Waals surface area (Å²) in [6.45, 7) is 1.05. The molecule has 1 aliphatic heterocycles. The molecule has 1 aromatic carbocycles. The Hall–Kier alpha value is -2.86. The van der Waals surface area contributed by atoms with Crippen molar-refractivity contribution in [3.8, 4) is 23.0 Å². The maximum Gasteiger partial charge on any atom is 0.231 e. The predicted octanol–water partition coefficient (Wildman–Crippen LogP) is 3.18. The average molecular weight is 310 g/mol. The largest absolute Gasteiger partial charge is 0.454 e. The van der Waals surface area contributed by atoms with Gasteiger partial charge in [-0.25, -0.2) is 4.98 Å². The van der Waals surface area contributed by atoms with E-state index in [0.717, 1.165) is 22.7 Å². The van der Waals surface area contributed by atoms with Crippen molar-refractivity contribution in [2.45, 2.75) is 13.2 Å². The van der Waals surface area contributed by atoms with E-state index in [0.29, 0.717) is 24.9 Å². The van der Waals surface area contributed by atoms with E-state index in [-0.39, 0.29) is 6.79 Å². The first-order valence-corrected chi connectivity index (χ1v) is 7.20. The second kappa shape index (κ2) is 6.10. The zero-order valence-corrected chi connectivity index (χ0v) is 12.3. The van der Waals surface area contributed by atoms with Crippen molar-refractivity contribution in [2.24, 2.45) is 0 Å². The molecule has 0 saturated heterocycles. The number of nitrogens with zero attached hydrogens (tertiary/aromatic N) is 2. The molecule has 0 spiro atoms. The second-order valence-corrected chi connectivity index (χ2v) is 5.03. The Labute approximate surface area is 132 Å². The lowest BCUT2D eigenvalue weighted by atomic mass is 10.2. The molecule has 1 aliphatic rings. The molecule has 0 N–H and O–H groups in total. The Kier molecular flexibility index (Phi) is 3.65. The van der Waals surface area contributed by atoms with Crippen LogP contribution in [0.25, 0.3) is 11.5 Å². The normalized spacial score (nSPS) is 12.5. The third-order valence-electron chi connectivity index (χ3n) is 3.40. The van der Waals surface area contributed by atoms with Gasteiger partial charge in [0, 0.05) is 11.8 Å². The number of fused-ring (bicyclic) bond motifs is 1. The van der Waals surface area contributed by atoms with Gasteiger partial charge in [0.15, 0.2) is 11.5 Å². The van der Waals surface area contributed by atoms with E-state index in [4.69, 9.17) is 18.6 Å². The molecule has 6 nitrogen and oxygen atoms in total. The van der Waals surface area contributed by atoms with Gasteiger partial charge in [-0.3, -0.25) is 4.98 Å². The fraction of sp³-hybridized carbons (Fsp3) is 0.176. The summed E-state index contributed by atoms with van der Waals surface area (Å²) in [6.07, 6.45) is 3.34. The highest BCUT2D eigenvalue weighted by atomic mass is 16.7. The Bertz CT molecular complexity index is 801. The van der Waals surface area contributed by atoms with Crippen LogP contribution in [0.2, 0.25) is 0 Å². The van der Waals surface area contributed by atoms with Crippen LogP contribution in [-0.2, 0) is 18.0 Å². The molecule has 0 aliphatic carbocycles. The molecular weight excluding hydrogens is 296 g/mol. The SMILES string of the molecule is c1ccc(COCc2coc(-c3ccc4c(c3)OCO4)n2)nc1. The van der Waals surface area contributed by atoms with Crippen molar-refractivity contribution in [1.82, 2.24) is 9.97 Å². The number of benzene rings is 1. The summed E-state index contributed by atoms with van der Waals surface area (Å²) >= 11 is 0. The zero-order valence-electron chi connectivity index (χ0n) is 12.3. The summed E-state index contributed by atoms with van der Waals surface area (Å²) in [5, 5.41) is 0. The maximum atomic E-state index is 5.60. The summed E-state index contributed by atoms with van der Waals surface area (Å²) in [4.78, 5) is 8.63. The van der Waals surface area contributed by atoms with Gasteiger partial charge in [-0.2, -0.15) is 0 Å². The lowest BCUT2D eigenvalue weighted by Crippen LogP contribution is -1.96. The van der Waals surface area contributed by atoms with Crippen LogP contribution in [0.5, 0.6) is 11.5 Å². The van der Waals surface area contributed by atoms with E-state index in [9.17, 15) is 0 Å². The molecule has 0 fully saturated rings. The molecular formula is C17H14N2O4. The molecule has 2 aromatic heterocycles. The van der Waals surface area contributed by atoms with Crippen LogP contribution in [-0.4, -0.2) is 16.8 Å². The van der Waals surface area contributed by atoms with Gasteiger partial charge >= 0.3 is 0 Å². The van der Waals surface area contributed by atoms with Crippen LogP contribution in [0, 0.1) is 0 Å². The van der Waals surface area contributed by atoms with Gasteiger partial charge in [-0.15, -0.1) is 0 Å². The van der Waals surface area contributed by atoms with Gasteiger partial charge in [-0.1, -0.05) is 6.07 Å². The van der Waals surface area contributed by atoms with E-state index >= 15 is 0 Å². The monoisotopic (exact) mass is 310 g/mol. The van der Waals surface area contributed by atoms with Crippen molar-refractivity contribution in [3.05, 3.63) is 60.2 Å². The smallest absolute Gasteiger partial charge is 0.231 e. The minimum absolute atomic E-state index is 0.247. The molecule has 0 radical (unpaired) electrons. The van der Waals surface area contributed by atoms with Crippen molar-refractivity contribution < 1.29 is 18.6 Å². The molecule has 116 valence electrons. The highest BCUT2D eigenvalue weighted by molar-refractivity contribution is 5.60. The first-order chi connectivity index (χ1) is 11.4. The van der Waals surface area contributed by atoms with Crippen LogP contribution < -0.4 is 9.47 Å². The number of oxazole rings is 1. The van der Waals surface area contributed by atoms with E-state index in [1.807, 2.05) is 36.4 Å². The number of hydrogen-bond donors (Lipinski definition) is 0. The molecule has 0 atom stereocenters. The van der Waals surface area contributed by atoms with E-state index in [2.05, 4.69) is 9.97 Å². The minimum atomic E-state index is 0.247. The van der Waals surface area contributed by atoms with Gasteiger partial charge in [0.2, 0.25) is 12.7 Å². The van der Waals surface area contributed by atoms with Crippen LogP contribution >= 0.6 is 0 Å². The Balaban J connectivity index is 1.41. The lowest BCUT2D eigenvalue weighted by molar-refractivity contribution is 0.102. The van der Waals surface area contributed by atoms with Crippen molar-refractivity contribution in [3.63, 3.8) is 0 Å². The summed E-state index contributed by atoms with van der Waals surface area (Å²) < 4.78 is 21.8. The summed E-state index contributed by atoms with van der Waals surface area (Å²) in [6, 6.07) is 11.3. The topological polar surface area (TPSA) is 66.6 Å². The van der Waals surface area contributed by atoms with Crippen molar-refractivity contribution >= 4 is 0 Å². The second-order valence-electron chi connectivity index (χ2n) is 5.03. The van der Waals surface area contributed by atoms with Gasteiger partial charge in [0.1, 0.15) is 12.0 Å². The predicted molar refractivity (Wildman–Crippen MR) is 80.8 cm³/mol. The van der Waals surface area contributed by atoms with Gasteiger partial charge < -0.3 is 18.6 Å². The van der Waals surface area contributed by atoms with Crippen LogP contribution in [0.1, 0.15) is 11.4 Å². The quantitative estimate of drug-likeness (QED) is 0.721. The van der Waals surface area contributed by atoms with E-state index in [1.54, 1.807) is 12.5 Å². The molecule has 3 aromatic rings. The van der Waals surface area contributed by atoms with Gasteiger partial charge in [-0.05, 0) is 30.3 Å². The molecule has 0 unspecified atom stereocenters. The lowest BCUT2D eigenvalue weighted by Gasteiger charge is -2.00. The molecule has 0 saturated carbocycles. The number of hydrogen-bond acceptors (Lipinski definition) is 6. The van der Waals surface area contributed by atoms with E-state index < -0.39 is 0 Å². The number of pyridine rings is 1. The molecule has 3 heterocycles. The van der Waals surface area contributed by atoms with Crippen molar-refractivity contribution in [2.75, 3.05) is 6.79 Å². The zero-order chi connectivity index (χ0) is 15.5. The first-order valence-electron chi connectivity index (χ1n) is 7.20. The molecule has 4 rings (SSSR count). The number of ether oxygens (including phenoxy) is 3. The van der Waals surface area contributed by atoms with Crippen molar-refractivity contribution in [1.29, 1.82) is 0 Å². The highest BCUT2D eigenvalue weighted by Gasteiger charge is 2.16.